The second-order valence-electron chi connectivity index (χ2n) is 13.9. The molecule has 4 aromatic rings. The van der Waals surface area contributed by atoms with Gasteiger partial charge in [0.05, 0.1) is 29.1 Å². The molecule has 48 heavy (non-hydrogen) atoms. The van der Waals surface area contributed by atoms with E-state index in [1.807, 2.05) is 70.2 Å². The van der Waals surface area contributed by atoms with Gasteiger partial charge in [-0.3, -0.25) is 19.1 Å². The lowest BCUT2D eigenvalue weighted by Gasteiger charge is -2.35. The highest BCUT2D eigenvalue weighted by Crippen LogP contribution is 2.40. The quantitative estimate of drug-likeness (QED) is 0.149. The van der Waals surface area contributed by atoms with Gasteiger partial charge in [-0.15, -0.1) is 0 Å². The number of methoxy groups -OCH3 is 1. The Kier molecular flexibility index (Phi) is 11.4. The number of nitrogens with one attached hydrogen (secondary N) is 4. The molecule has 11 nitrogen and oxygen atoms in total. The van der Waals surface area contributed by atoms with Crippen molar-refractivity contribution in [3.63, 3.8) is 0 Å². The van der Waals surface area contributed by atoms with Crippen molar-refractivity contribution >= 4 is 40.4 Å². The number of carbonyl (C=O) groups is 3. The van der Waals surface area contributed by atoms with Gasteiger partial charge in [-0.05, 0) is 60.6 Å². The predicted octanol–water partition coefficient (Wildman–Crippen LogP) is 5.43. The summed E-state index contributed by atoms with van der Waals surface area (Å²) < 4.78 is 7.09. The molecule has 0 aliphatic rings. The summed E-state index contributed by atoms with van der Waals surface area (Å²) in [6.07, 6.45) is 1.58. The number of halogens is 1. The molecule has 2 aromatic heterocycles. The number of benzene rings is 2. The van der Waals surface area contributed by atoms with E-state index in [4.69, 9.17) is 21.3 Å². The molecule has 2 aromatic carbocycles. The first kappa shape index (κ1) is 36.6. The lowest BCUT2D eigenvalue weighted by Crippen LogP contribution is -2.58. The number of rotatable bonds is 13. The van der Waals surface area contributed by atoms with Gasteiger partial charge >= 0.3 is 0 Å². The smallest absolute Gasteiger partial charge is 0.270 e. The van der Waals surface area contributed by atoms with Gasteiger partial charge in [-0.2, -0.15) is 5.10 Å². The standard InChI is InChI=1S/C36H48ClN7O4/c1-10-38-33(46)30(35(4,5)6)43-34(47)36(7,20-48-9)22-15-16-25-26(19-22)41-31(40-25)29(42-32(45)27-17-18-39-44(27)8)28(21(2)3)23-13-11-12-14-24(23)37/h11-19,21,28-30H,10,20H2,1-9H3,(H,38,46)(H,40,41)(H,42,45)(H,43,47)/t28-,29-,30-,36?/m0/s1. The number of fused-ring (bicyclic) bond motifs is 1. The second kappa shape index (κ2) is 14.9. The summed E-state index contributed by atoms with van der Waals surface area (Å²) in [6.45, 7) is 14.1. The number of carbonyl (C=O) groups excluding carboxylic acids is 3. The number of hydrogen-bond donors (Lipinski definition) is 4. The fraction of sp³-hybridized carbons (Fsp3) is 0.472. The minimum Gasteiger partial charge on any atom is -0.383 e. The fourth-order valence-electron chi connectivity index (χ4n) is 6.14. The average Bonchev–Trinajstić information content (AvgIpc) is 3.65. The van der Waals surface area contributed by atoms with E-state index in [2.05, 4.69) is 39.9 Å². The minimum atomic E-state index is -1.14. The second-order valence-corrected chi connectivity index (χ2v) is 14.3. The lowest BCUT2D eigenvalue weighted by atomic mass is 9.80. The van der Waals surface area contributed by atoms with Crippen LogP contribution in [0.4, 0.5) is 0 Å². The van der Waals surface area contributed by atoms with Crippen molar-refractivity contribution < 1.29 is 19.1 Å². The molecule has 0 saturated carbocycles. The fourth-order valence-corrected chi connectivity index (χ4v) is 6.40. The number of nitrogens with zero attached hydrogens (tertiary/aromatic N) is 3. The molecule has 3 amide bonds. The first-order valence-corrected chi connectivity index (χ1v) is 16.6. The molecule has 0 fully saturated rings. The Hall–Kier alpha value is -4.22. The van der Waals surface area contributed by atoms with E-state index >= 15 is 0 Å². The Morgan fingerprint density at radius 3 is 2.33 bits per heavy atom. The number of likely N-dealkylation sites (N-methyl/N-ethyl adjacent to an activating group) is 1. The number of ether oxygens (including phenoxy) is 1. The highest BCUT2D eigenvalue weighted by Gasteiger charge is 2.41. The minimum absolute atomic E-state index is 0.0554. The zero-order valence-corrected chi connectivity index (χ0v) is 30.0. The summed E-state index contributed by atoms with van der Waals surface area (Å²) in [4.78, 5) is 49.0. The van der Waals surface area contributed by atoms with Crippen molar-refractivity contribution in [3.05, 3.63) is 82.4 Å². The van der Waals surface area contributed by atoms with Gasteiger partial charge in [0.25, 0.3) is 5.91 Å². The maximum absolute atomic E-state index is 14.0. The molecule has 0 spiro atoms. The zero-order valence-electron chi connectivity index (χ0n) is 29.3. The third-order valence-electron chi connectivity index (χ3n) is 8.80. The number of aromatic amines is 1. The predicted molar refractivity (Wildman–Crippen MR) is 188 cm³/mol. The molecule has 0 aliphatic carbocycles. The Balaban J connectivity index is 1.79. The van der Waals surface area contributed by atoms with E-state index < -0.39 is 22.9 Å². The Morgan fingerprint density at radius 2 is 1.75 bits per heavy atom. The largest absolute Gasteiger partial charge is 0.383 e. The summed E-state index contributed by atoms with van der Waals surface area (Å²) >= 11 is 6.73. The molecule has 2 heterocycles. The summed E-state index contributed by atoms with van der Waals surface area (Å²) in [5.74, 6) is -0.537. The summed E-state index contributed by atoms with van der Waals surface area (Å²) in [5, 5.41) is 13.8. The Morgan fingerprint density at radius 1 is 1.04 bits per heavy atom. The Labute approximate surface area is 287 Å². The summed E-state index contributed by atoms with van der Waals surface area (Å²) in [7, 11) is 3.26. The van der Waals surface area contributed by atoms with Crippen LogP contribution in [-0.2, 0) is 26.8 Å². The molecule has 0 aliphatic heterocycles. The number of H-pyrrole nitrogens is 1. The molecule has 258 valence electrons. The number of aryl methyl sites for hydroxylation is 1. The third kappa shape index (κ3) is 7.73. The van der Waals surface area contributed by atoms with Crippen LogP contribution in [0.5, 0.6) is 0 Å². The molecule has 4 rings (SSSR count). The molecule has 0 radical (unpaired) electrons. The average molecular weight is 678 g/mol. The van der Waals surface area contributed by atoms with Crippen LogP contribution in [0.2, 0.25) is 5.02 Å². The number of hydrogen-bond acceptors (Lipinski definition) is 6. The van der Waals surface area contributed by atoms with E-state index in [1.165, 1.54) is 4.68 Å². The van der Waals surface area contributed by atoms with Crippen molar-refractivity contribution in [2.75, 3.05) is 20.3 Å². The maximum Gasteiger partial charge on any atom is 0.270 e. The topological polar surface area (TPSA) is 143 Å². The molecule has 4 atom stereocenters. The maximum atomic E-state index is 14.0. The highest BCUT2D eigenvalue weighted by atomic mass is 35.5. The van der Waals surface area contributed by atoms with Crippen LogP contribution in [0.15, 0.2) is 54.7 Å². The van der Waals surface area contributed by atoms with Crippen LogP contribution in [0.3, 0.4) is 0 Å². The molecular weight excluding hydrogens is 630 g/mol. The van der Waals surface area contributed by atoms with Gasteiger partial charge in [-0.1, -0.05) is 70.5 Å². The van der Waals surface area contributed by atoms with Crippen molar-refractivity contribution in [1.82, 2.24) is 35.7 Å². The molecule has 12 heteroatoms. The van der Waals surface area contributed by atoms with Gasteiger partial charge < -0.3 is 25.7 Å². The SMILES string of the molecule is CCNC(=O)[C@H](NC(=O)C(C)(COC)c1ccc2nc([C@@H](NC(=O)c3ccnn3C)[C@H](c3ccccc3Cl)C(C)C)[nH]c2c1)C(C)(C)C. The van der Waals surface area contributed by atoms with Crippen molar-refractivity contribution in [3.8, 4) is 0 Å². The summed E-state index contributed by atoms with van der Waals surface area (Å²) in [5.41, 5.74) is 1.62. The van der Waals surface area contributed by atoms with E-state index in [1.54, 1.807) is 33.3 Å². The van der Waals surface area contributed by atoms with Crippen LogP contribution in [0, 0.1) is 11.3 Å². The van der Waals surface area contributed by atoms with Crippen molar-refractivity contribution in [2.24, 2.45) is 18.4 Å². The lowest BCUT2D eigenvalue weighted by molar-refractivity contribution is -0.135. The molecule has 0 bridgehead atoms. The van der Waals surface area contributed by atoms with Gasteiger partial charge in [-0.25, -0.2) is 4.98 Å². The number of aromatic nitrogens is 4. The van der Waals surface area contributed by atoms with Gasteiger partial charge in [0.2, 0.25) is 11.8 Å². The van der Waals surface area contributed by atoms with Gasteiger partial charge in [0.15, 0.2) is 0 Å². The van der Waals surface area contributed by atoms with Crippen LogP contribution in [0.25, 0.3) is 11.0 Å². The first-order chi connectivity index (χ1) is 22.6. The van der Waals surface area contributed by atoms with E-state index in [0.717, 1.165) is 5.56 Å². The zero-order chi connectivity index (χ0) is 35.4. The summed E-state index contributed by atoms with van der Waals surface area (Å²) in [6, 6.07) is 13.5. The van der Waals surface area contributed by atoms with E-state index in [-0.39, 0.29) is 36.2 Å². The molecule has 1 unspecified atom stereocenters. The van der Waals surface area contributed by atoms with Crippen LogP contribution < -0.4 is 16.0 Å². The van der Waals surface area contributed by atoms with E-state index in [0.29, 0.717) is 39.7 Å². The van der Waals surface area contributed by atoms with Crippen molar-refractivity contribution in [1.29, 1.82) is 0 Å². The van der Waals surface area contributed by atoms with Crippen LogP contribution in [0.1, 0.15) is 87.9 Å². The number of imidazole rings is 1. The third-order valence-corrected chi connectivity index (χ3v) is 9.15. The van der Waals surface area contributed by atoms with E-state index in [9.17, 15) is 14.4 Å². The first-order valence-electron chi connectivity index (χ1n) is 16.2. The van der Waals surface area contributed by atoms with Gasteiger partial charge in [0.1, 0.15) is 17.6 Å². The van der Waals surface area contributed by atoms with Crippen molar-refractivity contribution in [2.45, 2.75) is 71.9 Å². The van der Waals surface area contributed by atoms with Crippen LogP contribution in [-0.4, -0.2) is 63.8 Å². The van der Waals surface area contributed by atoms with Crippen LogP contribution >= 0.6 is 11.6 Å². The Bertz CT molecular complexity index is 1760. The van der Waals surface area contributed by atoms with Gasteiger partial charge in [0, 0.05) is 37.8 Å². The normalized spacial score (nSPS) is 15.1. The molecule has 4 N–H and O–H groups in total. The monoisotopic (exact) mass is 677 g/mol. The highest BCUT2D eigenvalue weighted by molar-refractivity contribution is 6.31. The molecular formula is C36H48ClN7O4. The molecule has 0 saturated heterocycles. The number of amides is 3.